The Balaban J connectivity index is 1.68. The predicted octanol–water partition coefficient (Wildman–Crippen LogP) is 3.95. The Bertz CT molecular complexity index is 695. The summed E-state index contributed by atoms with van der Waals surface area (Å²) >= 11 is 0. The van der Waals surface area contributed by atoms with Crippen LogP contribution in [0.1, 0.15) is 34.3 Å². The maximum Gasteiger partial charge on any atom is 0.411 e. The van der Waals surface area contributed by atoms with Gasteiger partial charge in [0, 0.05) is 12.0 Å². The van der Waals surface area contributed by atoms with E-state index in [-0.39, 0.29) is 12.4 Å². The second-order valence-electron chi connectivity index (χ2n) is 5.30. The van der Waals surface area contributed by atoms with Crippen molar-refractivity contribution in [2.75, 3.05) is 5.32 Å². The van der Waals surface area contributed by atoms with Crippen LogP contribution in [0, 0.1) is 0 Å². The van der Waals surface area contributed by atoms with Gasteiger partial charge in [0.25, 0.3) is 0 Å². The summed E-state index contributed by atoms with van der Waals surface area (Å²) in [5.74, 6) is 0.0835. The van der Waals surface area contributed by atoms with Crippen molar-refractivity contribution in [3.8, 4) is 0 Å². The van der Waals surface area contributed by atoms with E-state index < -0.39 is 6.09 Å². The maximum atomic E-state index is 12.1. The van der Waals surface area contributed by atoms with Gasteiger partial charge in [-0.1, -0.05) is 42.5 Å². The molecule has 0 bridgehead atoms. The van der Waals surface area contributed by atoms with Crippen LogP contribution in [0.4, 0.5) is 10.5 Å². The smallest absolute Gasteiger partial charge is 0.411 e. The summed E-state index contributed by atoms with van der Waals surface area (Å²) in [6.45, 7) is 0.204. The lowest BCUT2D eigenvalue weighted by Gasteiger charge is -2.18. The number of ether oxygens (including phenoxy) is 1. The minimum Gasteiger partial charge on any atom is -0.444 e. The van der Waals surface area contributed by atoms with Crippen LogP contribution in [0.5, 0.6) is 0 Å². The van der Waals surface area contributed by atoms with Crippen LogP contribution in [0.25, 0.3) is 0 Å². The van der Waals surface area contributed by atoms with Gasteiger partial charge < -0.3 is 4.74 Å². The molecule has 22 heavy (non-hydrogen) atoms. The van der Waals surface area contributed by atoms with Crippen molar-refractivity contribution >= 4 is 17.6 Å². The maximum absolute atomic E-state index is 12.1. The van der Waals surface area contributed by atoms with E-state index in [1.165, 1.54) is 0 Å². The van der Waals surface area contributed by atoms with E-state index in [2.05, 4.69) is 5.32 Å². The molecule has 0 radical (unpaired) electrons. The fourth-order valence-corrected chi connectivity index (χ4v) is 2.68. The third-order valence-corrected chi connectivity index (χ3v) is 3.73. The number of hydrogen-bond acceptors (Lipinski definition) is 3. The van der Waals surface area contributed by atoms with Gasteiger partial charge in [-0.2, -0.15) is 0 Å². The summed E-state index contributed by atoms with van der Waals surface area (Å²) < 4.78 is 5.20. The Morgan fingerprint density at radius 1 is 1.05 bits per heavy atom. The lowest BCUT2D eigenvalue weighted by molar-refractivity contribution is 0.0973. The number of carbonyl (C=O) groups excluding carboxylic acids is 2. The summed E-state index contributed by atoms with van der Waals surface area (Å²) in [6.07, 6.45) is 1.73. The summed E-state index contributed by atoms with van der Waals surface area (Å²) in [4.78, 5) is 24.0. The van der Waals surface area contributed by atoms with Crippen molar-refractivity contribution in [3.63, 3.8) is 0 Å². The Morgan fingerprint density at radius 2 is 1.86 bits per heavy atom. The molecular formula is C18H17NO3. The number of benzene rings is 2. The number of aryl methyl sites for hydroxylation is 1. The van der Waals surface area contributed by atoms with Crippen molar-refractivity contribution in [2.24, 2.45) is 0 Å². The predicted molar refractivity (Wildman–Crippen MR) is 84.0 cm³/mol. The van der Waals surface area contributed by atoms with E-state index in [0.29, 0.717) is 17.7 Å². The number of hydrogen-bond donors (Lipinski definition) is 1. The highest BCUT2D eigenvalue weighted by atomic mass is 16.5. The number of anilines is 1. The zero-order chi connectivity index (χ0) is 15.4. The summed E-state index contributed by atoms with van der Waals surface area (Å²) in [5.41, 5.74) is 3.09. The van der Waals surface area contributed by atoms with Crippen molar-refractivity contribution in [1.29, 1.82) is 0 Å². The first-order chi connectivity index (χ1) is 10.7. The molecule has 0 saturated carbocycles. The van der Waals surface area contributed by atoms with Gasteiger partial charge in [0.2, 0.25) is 0 Å². The number of Topliss-reactive ketones (excluding diaryl/α,β-unsaturated/α-hetero) is 1. The third-order valence-electron chi connectivity index (χ3n) is 3.73. The Kier molecular flexibility index (Phi) is 4.19. The van der Waals surface area contributed by atoms with Gasteiger partial charge in [0.15, 0.2) is 5.78 Å². The molecule has 0 saturated heterocycles. The minimum atomic E-state index is -0.546. The molecule has 4 heteroatoms. The molecule has 0 aliphatic heterocycles. The highest BCUT2D eigenvalue weighted by Crippen LogP contribution is 2.28. The molecule has 1 N–H and O–H groups in total. The summed E-state index contributed by atoms with van der Waals surface area (Å²) in [6, 6.07) is 15.0. The zero-order valence-corrected chi connectivity index (χ0v) is 12.2. The van der Waals surface area contributed by atoms with Crippen LogP contribution < -0.4 is 5.32 Å². The molecule has 1 aliphatic carbocycles. The number of carbonyl (C=O) groups is 2. The van der Waals surface area contributed by atoms with E-state index in [9.17, 15) is 9.59 Å². The second-order valence-corrected chi connectivity index (χ2v) is 5.30. The van der Waals surface area contributed by atoms with Crippen LogP contribution in [0.15, 0.2) is 48.5 Å². The first-order valence-corrected chi connectivity index (χ1v) is 7.37. The van der Waals surface area contributed by atoms with Gasteiger partial charge in [-0.05, 0) is 30.0 Å². The Labute approximate surface area is 129 Å². The highest BCUT2D eigenvalue weighted by molar-refractivity contribution is 6.05. The first-order valence-electron chi connectivity index (χ1n) is 7.37. The van der Waals surface area contributed by atoms with Gasteiger partial charge >= 0.3 is 6.09 Å². The third kappa shape index (κ3) is 3.17. The molecule has 1 aliphatic rings. The number of fused-ring (bicyclic) bond motifs is 1. The van der Waals surface area contributed by atoms with Crippen LogP contribution in [-0.2, 0) is 17.8 Å². The van der Waals surface area contributed by atoms with E-state index >= 15 is 0 Å². The average molecular weight is 295 g/mol. The molecule has 0 atom stereocenters. The van der Waals surface area contributed by atoms with Gasteiger partial charge in [-0.15, -0.1) is 0 Å². The molecule has 3 rings (SSSR count). The average Bonchev–Trinajstić information content (AvgIpc) is 2.54. The Morgan fingerprint density at radius 3 is 2.68 bits per heavy atom. The molecule has 0 fully saturated rings. The first kappa shape index (κ1) is 14.3. The van der Waals surface area contributed by atoms with Gasteiger partial charge in [-0.3, -0.25) is 10.1 Å². The second kappa shape index (κ2) is 6.43. The molecular weight excluding hydrogens is 278 g/mol. The summed E-state index contributed by atoms with van der Waals surface area (Å²) in [7, 11) is 0. The lowest BCUT2D eigenvalue weighted by Crippen LogP contribution is -2.19. The molecule has 1 amide bonds. The molecule has 112 valence electrons. The van der Waals surface area contributed by atoms with Crippen molar-refractivity contribution in [3.05, 3.63) is 65.2 Å². The standard InChI is InChI=1S/C18H17NO3/c20-16-11-5-9-14-8-4-10-15(17(14)16)19-18(21)22-12-13-6-2-1-3-7-13/h1-4,6-8,10H,5,9,11-12H2,(H,19,21). The summed E-state index contributed by atoms with van der Waals surface area (Å²) in [5, 5.41) is 2.69. The fourth-order valence-electron chi connectivity index (χ4n) is 2.68. The lowest BCUT2D eigenvalue weighted by atomic mass is 9.89. The molecule has 2 aromatic carbocycles. The van der Waals surface area contributed by atoms with Crippen LogP contribution in [-0.4, -0.2) is 11.9 Å². The molecule has 0 unspecified atom stereocenters. The monoisotopic (exact) mass is 295 g/mol. The van der Waals surface area contributed by atoms with Crippen LogP contribution in [0.3, 0.4) is 0 Å². The SMILES string of the molecule is O=C(Nc1cccc2c1C(=O)CCC2)OCc1ccccc1. The normalized spacial score (nSPS) is 13.4. The molecule has 2 aromatic rings. The number of amides is 1. The van der Waals surface area contributed by atoms with Crippen molar-refractivity contribution in [1.82, 2.24) is 0 Å². The van der Waals surface area contributed by atoms with Gasteiger partial charge in [-0.25, -0.2) is 4.79 Å². The van der Waals surface area contributed by atoms with Gasteiger partial charge in [0.05, 0.1) is 5.69 Å². The molecule has 0 heterocycles. The number of nitrogens with one attached hydrogen (secondary N) is 1. The molecule has 0 spiro atoms. The van der Waals surface area contributed by atoms with Crippen LogP contribution >= 0.6 is 0 Å². The number of rotatable bonds is 3. The van der Waals surface area contributed by atoms with Gasteiger partial charge in [0.1, 0.15) is 6.61 Å². The van der Waals surface area contributed by atoms with E-state index in [1.807, 2.05) is 42.5 Å². The highest BCUT2D eigenvalue weighted by Gasteiger charge is 2.21. The molecule has 0 aromatic heterocycles. The Hall–Kier alpha value is -2.62. The van der Waals surface area contributed by atoms with E-state index in [0.717, 1.165) is 24.0 Å². The van der Waals surface area contributed by atoms with E-state index in [1.54, 1.807) is 6.07 Å². The zero-order valence-electron chi connectivity index (χ0n) is 12.2. The largest absolute Gasteiger partial charge is 0.444 e. The minimum absolute atomic E-state index is 0.0835. The quantitative estimate of drug-likeness (QED) is 0.932. The van der Waals surface area contributed by atoms with Crippen molar-refractivity contribution < 1.29 is 14.3 Å². The number of ketones is 1. The van der Waals surface area contributed by atoms with E-state index in [4.69, 9.17) is 4.74 Å². The molecule has 4 nitrogen and oxygen atoms in total. The van der Waals surface area contributed by atoms with Crippen LogP contribution in [0.2, 0.25) is 0 Å². The van der Waals surface area contributed by atoms with Crippen molar-refractivity contribution in [2.45, 2.75) is 25.9 Å². The fraction of sp³-hybridized carbons (Fsp3) is 0.222. The topological polar surface area (TPSA) is 55.4 Å².